The van der Waals surface area contributed by atoms with Gasteiger partial charge in [-0.1, -0.05) is 68.4 Å². The molecule has 0 aliphatic heterocycles. The van der Waals surface area contributed by atoms with Crippen molar-refractivity contribution >= 4 is 22.8 Å². The van der Waals surface area contributed by atoms with Crippen LogP contribution < -0.4 is 5.32 Å². The third-order valence-corrected chi connectivity index (χ3v) is 4.39. The molecule has 1 amide bonds. The van der Waals surface area contributed by atoms with Crippen LogP contribution in [0.15, 0.2) is 66.7 Å². The molecule has 5 nitrogen and oxygen atoms in total. The van der Waals surface area contributed by atoms with Crippen molar-refractivity contribution in [3.05, 3.63) is 78.0 Å². The molecule has 2 aromatic carbocycles. The summed E-state index contributed by atoms with van der Waals surface area (Å²) in [6, 6.07) is 20.6. The smallest absolute Gasteiger partial charge is 0.357 e. The first-order valence-corrected chi connectivity index (χ1v) is 9.40. The minimum Gasteiger partial charge on any atom is -0.451 e. The van der Waals surface area contributed by atoms with Gasteiger partial charge in [-0.3, -0.25) is 4.79 Å². The summed E-state index contributed by atoms with van der Waals surface area (Å²) in [4.78, 5) is 28.9. The van der Waals surface area contributed by atoms with Crippen molar-refractivity contribution in [2.75, 3.05) is 6.61 Å². The highest BCUT2D eigenvalue weighted by molar-refractivity contribution is 5.92. The lowest BCUT2D eigenvalue weighted by Gasteiger charge is -2.21. The number of ether oxygens (including phenoxy) is 1. The maximum absolute atomic E-state index is 12.3. The van der Waals surface area contributed by atoms with Gasteiger partial charge >= 0.3 is 5.97 Å². The molecule has 1 heterocycles. The van der Waals surface area contributed by atoms with E-state index in [1.165, 1.54) is 0 Å². The molecule has 0 unspecified atom stereocenters. The summed E-state index contributed by atoms with van der Waals surface area (Å²) in [6.07, 6.45) is 0.802. The summed E-state index contributed by atoms with van der Waals surface area (Å²) in [6.45, 7) is 3.87. The van der Waals surface area contributed by atoms with Crippen molar-refractivity contribution in [3.8, 4) is 0 Å². The summed E-state index contributed by atoms with van der Waals surface area (Å²) in [5.41, 5.74) is 1.93. The van der Waals surface area contributed by atoms with E-state index in [0.29, 0.717) is 11.4 Å². The summed E-state index contributed by atoms with van der Waals surface area (Å²) >= 11 is 0. The van der Waals surface area contributed by atoms with Gasteiger partial charge in [0.05, 0.1) is 11.6 Å². The van der Waals surface area contributed by atoms with Crippen LogP contribution in [0, 0.1) is 5.92 Å². The van der Waals surface area contributed by atoms with Crippen LogP contribution in [0.1, 0.15) is 42.4 Å². The molecule has 0 saturated heterocycles. The lowest BCUT2D eigenvalue weighted by molar-refractivity contribution is -0.125. The lowest BCUT2D eigenvalue weighted by atomic mass is 9.97. The van der Waals surface area contributed by atoms with Crippen molar-refractivity contribution in [3.63, 3.8) is 0 Å². The number of pyridine rings is 1. The van der Waals surface area contributed by atoms with Crippen molar-refractivity contribution < 1.29 is 14.3 Å². The van der Waals surface area contributed by atoms with Crippen molar-refractivity contribution in [1.29, 1.82) is 0 Å². The number of rotatable bonds is 7. The van der Waals surface area contributed by atoms with Crippen molar-refractivity contribution in [2.45, 2.75) is 26.3 Å². The van der Waals surface area contributed by atoms with Crippen LogP contribution in [0.4, 0.5) is 0 Å². The minimum atomic E-state index is -0.610. The van der Waals surface area contributed by atoms with Crippen molar-refractivity contribution in [1.82, 2.24) is 10.3 Å². The second kappa shape index (κ2) is 9.13. The van der Waals surface area contributed by atoms with Gasteiger partial charge in [0, 0.05) is 5.39 Å². The predicted molar refractivity (Wildman–Crippen MR) is 109 cm³/mol. The fourth-order valence-corrected chi connectivity index (χ4v) is 3.06. The Morgan fingerprint density at radius 1 is 0.964 bits per heavy atom. The zero-order valence-corrected chi connectivity index (χ0v) is 16.1. The fraction of sp³-hybridized carbons (Fsp3) is 0.261. The van der Waals surface area contributed by atoms with Gasteiger partial charge in [-0.05, 0) is 30.0 Å². The third-order valence-electron chi connectivity index (χ3n) is 4.39. The second-order valence-electron chi connectivity index (χ2n) is 7.13. The fourth-order valence-electron chi connectivity index (χ4n) is 3.06. The standard InChI is InChI=1S/C23H24N2O3/c1-16(2)14-21(17-8-4-3-5-9-17)25-22(26)15-28-23(27)20-13-12-18-10-6-7-11-19(18)24-20/h3-13,16,21H,14-15H2,1-2H3,(H,25,26)/t21-/m1/s1. The van der Waals surface area contributed by atoms with E-state index in [1.807, 2.05) is 60.7 Å². The zero-order chi connectivity index (χ0) is 19.9. The van der Waals surface area contributed by atoms with Crippen LogP contribution >= 0.6 is 0 Å². The first-order chi connectivity index (χ1) is 13.5. The van der Waals surface area contributed by atoms with Gasteiger partial charge in [-0.15, -0.1) is 0 Å². The van der Waals surface area contributed by atoms with Crippen molar-refractivity contribution in [2.24, 2.45) is 5.92 Å². The number of para-hydroxylation sites is 1. The maximum atomic E-state index is 12.3. The molecule has 1 N–H and O–H groups in total. The molecule has 5 heteroatoms. The van der Waals surface area contributed by atoms with Gasteiger partial charge < -0.3 is 10.1 Å². The van der Waals surface area contributed by atoms with E-state index in [4.69, 9.17) is 4.74 Å². The largest absolute Gasteiger partial charge is 0.451 e. The Bertz CT molecular complexity index is 954. The number of amides is 1. The molecule has 0 bridgehead atoms. The van der Waals surface area contributed by atoms with Gasteiger partial charge in [-0.2, -0.15) is 0 Å². The number of carbonyl (C=O) groups excluding carboxylic acids is 2. The van der Waals surface area contributed by atoms with Crippen LogP contribution in [-0.2, 0) is 9.53 Å². The molecule has 1 aromatic heterocycles. The molecule has 0 fully saturated rings. The molecular weight excluding hydrogens is 352 g/mol. The van der Waals surface area contributed by atoms with Gasteiger partial charge in [-0.25, -0.2) is 9.78 Å². The number of hydrogen-bond donors (Lipinski definition) is 1. The third kappa shape index (κ3) is 5.16. The number of nitrogens with zero attached hydrogens (tertiary/aromatic N) is 1. The van der Waals surface area contributed by atoms with E-state index < -0.39 is 5.97 Å². The second-order valence-corrected chi connectivity index (χ2v) is 7.13. The van der Waals surface area contributed by atoms with Gasteiger partial charge in [0.25, 0.3) is 5.91 Å². The molecule has 0 aliphatic carbocycles. The highest BCUT2D eigenvalue weighted by atomic mass is 16.5. The molecular formula is C23H24N2O3. The van der Waals surface area contributed by atoms with E-state index in [-0.39, 0.29) is 24.2 Å². The molecule has 0 spiro atoms. The maximum Gasteiger partial charge on any atom is 0.357 e. The number of benzene rings is 2. The summed E-state index contributed by atoms with van der Waals surface area (Å²) in [5, 5.41) is 3.91. The normalized spacial score (nSPS) is 12.0. The van der Waals surface area contributed by atoms with E-state index in [0.717, 1.165) is 17.4 Å². The van der Waals surface area contributed by atoms with Gasteiger partial charge in [0.15, 0.2) is 6.61 Å². The Labute approximate surface area is 164 Å². The van der Waals surface area contributed by atoms with E-state index in [1.54, 1.807) is 6.07 Å². The van der Waals surface area contributed by atoms with Crippen LogP contribution in [0.3, 0.4) is 0 Å². The van der Waals surface area contributed by atoms with Crippen LogP contribution in [0.2, 0.25) is 0 Å². The summed E-state index contributed by atoms with van der Waals surface area (Å²) in [5.74, 6) is -0.528. The summed E-state index contributed by atoms with van der Waals surface area (Å²) in [7, 11) is 0. The first-order valence-electron chi connectivity index (χ1n) is 9.40. The number of fused-ring (bicyclic) bond motifs is 1. The Kier molecular flexibility index (Phi) is 6.37. The predicted octanol–water partition coefficient (Wildman–Crippen LogP) is 4.30. The highest BCUT2D eigenvalue weighted by Gasteiger charge is 2.18. The molecule has 3 rings (SSSR count). The zero-order valence-electron chi connectivity index (χ0n) is 16.1. The van der Waals surface area contributed by atoms with Gasteiger partial charge in [0.2, 0.25) is 0 Å². The van der Waals surface area contributed by atoms with E-state index in [9.17, 15) is 9.59 Å². The number of hydrogen-bond acceptors (Lipinski definition) is 4. The lowest BCUT2D eigenvalue weighted by Crippen LogP contribution is -2.33. The minimum absolute atomic E-state index is 0.119. The molecule has 28 heavy (non-hydrogen) atoms. The van der Waals surface area contributed by atoms with Gasteiger partial charge in [0.1, 0.15) is 5.69 Å². The monoisotopic (exact) mass is 376 g/mol. The van der Waals surface area contributed by atoms with Crippen LogP contribution in [-0.4, -0.2) is 23.5 Å². The van der Waals surface area contributed by atoms with Crippen LogP contribution in [0.25, 0.3) is 10.9 Å². The molecule has 144 valence electrons. The number of nitrogens with one attached hydrogen (secondary N) is 1. The van der Waals surface area contributed by atoms with E-state index >= 15 is 0 Å². The molecule has 1 atom stereocenters. The number of aromatic nitrogens is 1. The molecule has 0 aliphatic rings. The summed E-state index contributed by atoms with van der Waals surface area (Å²) < 4.78 is 5.17. The Hall–Kier alpha value is -3.21. The molecule has 3 aromatic rings. The molecule has 0 radical (unpaired) electrons. The SMILES string of the molecule is CC(C)C[C@@H](NC(=O)COC(=O)c1ccc2ccccc2n1)c1ccccc1. The Morgan fingerprint density at radius 3 is 2.43 bits per heavy atom. The van der Waals surface area contributed by atoms with E-state index in [2.05, 4.69) is 24.1 Å². The van der Waals surface area contributed by atoms with Crippen LogP contribution in [0.5, 0.6) is 0 Å². The topological polar surface area (TPSA) is 68.3 Å². The first kappa shape index (κ1) is 19.5. The molecule has 0 saturated carbocycles. The highest BCUT2D eigenvalue weighted by Crippen LogP contribution is 2.21. The number of esters is 1. The number of carbonyl (C=O) groups is 2. The Morgan fingerprint density at radius 2 is 1.68 bits per heavy atom. The quantitative estimate of drug-likeness (QED) is 0.625. The average Bonchev–Trinajstić information content (AvgIpc) is 2.71. The average molecular weight is 376 g/mol. The Balaban J connectivity index is 1.60.